The van der Waals surface area contributed by atoms with Gasteiger partial charge in [-0.3, -0.25) is 4.79 Å². The summed E-state index contributed by atoms with van der Waals surface area (Å²) < 4.78 is 0. The van der Waals surface area contributed by atoms with Crippen molar-refractivity contribution in [2.24, 2.45) is 11.7 Å². The van der Waals surface area contributed by atoms with Crippen LogP contribution in [0.5, 0.6) is 0 Å². The number of nitrogens with one attached hydrogen (secondary N) is 1. The first-order chi connectivity index (χ1) is 9.58. The molecule has 20 heavy (non-hydrogen) atoms. The molecule has 1 heterocycles. The number of rotatable bonds is 5. The van der Waals surface area contributed by atoms with Gasteiger partial charge >= 0.3 is 0 Å². The van der Waals surface area contributed by atoms with E-state index in [1.807, 2.05) is 18.2 Å². The normalized spacial score (nSPS) is 16.5. The predicted molar refractivity (Wildman–Crippen MR) is 83.9 cm³/mol. The van der Waals surface area contributed by atoms with Crippen LogP contribution in [0.2, 0.25) is 0 Å². The number of benzene rings is 1. The largest absolute Gasteiger partial charge is 0.370 e. The maximum Gasteiger partial charge on any atom is 0.241 e. The zero-order valence-electron chi connectivity index (χ0n) is 12.4. The highest BCUT2D eigenvalue weighted by molar-refractivity contribution is 5.97. The lowest BCUT2D eigenvalue weighted by molar-refractivity contribution is -0.117. The van der Waals surface area contributed by atoms with Crippen molar-refractivity contribution in [1.82, 2.24) is 0 Å². The van der Waals surface area contributed by atoms with E-state index in [4.69, 9.17) is 5.73 Å². The van der Waals surface area contributed by atoms with Gasteiger partial charge in [0.2, 0.25) is 5.91 Å². The number of nitrogens with zero attached hydrogens (tertiary/aromatic N) is 1. The second-order valence-electron chi connectivity index (χ2n) is 5.94. The lowest BCUT2D eigenvalue weighted by atomic mass is 10.0. The number of carbonyl (C=O) groups excluding carboxylic acids is 1. The number of carbonyl (C=O) groups is 1. The summed E-state index contributed by atoms with van der Waals surface area (Å²) in [5, 5.41) is 2.99. The zero-order chi connectivity index (χ0) is 14.5. The van der Waals surface area contributed by atoms with E-state index in [2.05, 4.69) is 30.1 Å². The van der Waals surface area contributed by atoms with Crippen molar-refractivity contribution in [1.29, 1.82) is 0 Å². The van der Waals surface area contributed by atoms with Crippen molar-refractivity contribution in [3.8, 4) is 0 Å². The van der Waals surface area contributed by atoms with Crippen LogP contribution in [0.4, 0.5) is 11.4 Å². The van der Waals surface area contributed by atoms with Crippen LogP contribution >= 0.6 is 0 Å². The van der Waals surface area contributed by atoms with Crippen molar-refractivity contribution < 1.29 is 4.79 Å². The third-order valence-electron chi connectivity index (χ3n) is 3.67. The van der Waals surface area contributed by atoms with Crippen LogP contribution in [0, 0.1) is 5.92 Å². The second-order valence-corrected chi connectivity index (χ2v) is 5.94. The smallest absolute Gasteiger partial charge is 0.241 e. The number of nitrogens with two attached hydrogens (primary N) is 1. The monoisotopic (exact) mass is 275 g/mol. The minimum Gasteiger partial charge on any atom is -0.370 e. The number of anilines is 2. The third kappa shape index (κ3) is 3.73. The average Bonchev–Trinajstić information content (AvgIpc) is 2.92. The molecular formula is C16H25N3O. The van der Waals surface area contributed by atoms with Gasteiger partial charge in [-0.15, -0.1) is 0 Å². The molecule has 0 bridgehead atoms. The van der Waals surface area contributed by atoms with Crippen molar-refractivity contribution in [3.63, 3.8) is 0 Å². The van der Waals surface area contributed by atoms with Gasteiger partial charge in [-0.25, -0.2) is 0 Å². The Kier molecular flexibility index (Phi) is 5.01. The lowest BCUT2D eigenvalue weighted by Crippen LogP contribution is -2.37. The van der Waals surface area contributed by atoms with Crippen LogP contribution in [-0.4, -0.2) is 25.0 Å². The first kappa shape index (κ1) is 14.9. The van der Waals surface area contributed by atoms with E-state index in [1.165, 1.54) is 12.8 Å². The standard InChI is InChI=1S/C16H25N3O/c1-12(2)11-13(17)16(20)18-14-7-3-4-8-15(14)19-9-5-6-10-19/h3-4,7-8,12-13H,5-6,9-11,17H2,1-2H3,(H,18,20)/t13-/m1/s1. The summed E-state index contributed by atoms with van der Waals surface area (Å²) in [5.41, 5.74) is 7.92. The molecular weight excluding hydrogens is 250 g/mol. The summed E-state index contributed by atoms with van der Waals surface area (Å²) in [6.45, 7) is 6.27. The van der Waals surface area contributed by atoms with Crippen molar-refractivity contribution in [2.75, 3.05) is 23.3 Å². The molecule has 0 unspecified atom stereocenters. The molecule has 1 aromatic carbocycles. The molecule has 0 spiro atoms. The van der Waals surface area contributed by atoms with E-state index in [-0.39, 0.29) is 5.91 Å². The summed E-state index contributed by atoms with van der Waals surface area (Å²) in [6.07, 6.45) is 3.14. The Labute approximate surface area is 121 Å². The maximum absolute atomic E-state index is 12.2. The van der Waals surface area contributed by atoms with Crippen LogP contribution in [0.1, 0.15) is 33.1 Å². The summed E-state index contributed by atoms with van der Waals surface area (Å²) in [6, 6.07) is 7.53. The highest BCUT2D eigenvalue weighted by Crippen LogP contribution is 2.28. The van der Waals surface area contributed by atoms with E-state index >= 15 is 0 Å². The highest BCUT2D eigenvalue weighted by atomic mass is 16.2. The molecule has 0 saturated carbocycles. The fourth-order valence-corrected chi connectivity index (χ4v) is 2.65. The lowest BCUT2D eigenvalue weighted by Gasteiger charge is -2.22. The van der Waals surface area contributed by atoms with E-state index < -0.39 is 6.04 Å². The van der Waals surface area contributed by atoms with Gasteiger partial charge in [0, 0.05) is 13.1 Å². The molecule has 0 aromatic heterocycles. The molecule has 2 rings (SSSR count). The molecule has 1 amide bonds. The molecule has 0 aliphatic carbocycles. The molecule has 1 fully saturated rings. The molecule has 1 atom stereocenters. The van der Waals surface area contributed by atoms with Gasteiger partial charge in [0.05, 0.1) is 17.4 Å². The first-order valence-electron chi connectivity index (χ1n) is 7.48. The molecule has 0 radical (unpaired) electrons. The Hall–Kier alpha value is -1.55. The van der Waals surface area contributed by atoms with Crippen LogP contribution < -0.4 is 16.0 Å². The van der Waals surface area contributed by atoms with Crippen molar-refractivity contribution in [3.05, 3.63) is 24.3 Å². The summed E-state index contributed by atoms with van der Waals surface area (Å²) in [5.74, 6) is 0.329. The number of para-hydroxylation sites is 2. The molecule has 4 nitrogen and oxygen atoms in total. The summed E-state index contributed by atoms with van der Waals surface area (Å²) in [7, 11) is 0. The SMILES string of the molecule is CC(C)C[C@@H](N)C(=O)Nc1ccccc1N1CCCC1. The molecule has 1 aromatic rings. The fourth-order valence-electron chi connectivity index (χ4n) is 2.65. The molecule has 1 saturated heterocycles. The van der Waals surface area contributed by atoms with Gasteiger partial charge in [0.1, 0.15) is 0 Å². The fraction of sp³-hybridized carbons (Fsp3) is 0.562. The van der Waals surface area contributed by atoms with Gasteiger partial charge in [-0.05, 0) is 37.3 Å². The Morgan fingerprint density at radius 1 is 1.30 bits per heavy atom. The van der Waals surface area contributed by atoms with Crippen molar-refractivity contribution >= 4 is 17.3 Å². The van der Waals surface area contributed by atoms with Gasteiger partial charge in [-0.1, -0.05) is 26.0 Å². The van der Waals surface area contributed by atoms with Crippen LogP contribution in [0.3, 0.4) is 0 Å². The minimum atomic E-state index is -0.443. The molecule has 110 valence electrons. The average molecular weight is 275 g/mol. The molecule has 3 N–H and O–H groups in total. The van der Waals surface area contributed by atoms with Crippen LogP contribution in [-0.2, 0) is 4.79 Å². The van der Waals surface area contributed by atoms with Crippen LogP contribution in [0.15, 0.2) is 24.3 Å². The highest BCUT2D eigenvalue weighted by Gasteiger charge is 2.19. The second kappa shape index (κ2) is 6.75. The van der Waals surface area contributed by atoms with Crippen LogP contribution in [0.25, 0.3) is 0 Å². The molecule has 4 heteroatoms. The number of amides is 1. The van der Waals surface area contributed by atoms with Gasteiger partial charge in [0.25, 0.3) is 0 Å². The Balaban J connectivity index is 2.07. The number of hydrogen-bond donors (Lipinski definition) is 2. The summed E-state index contributed by atoms with van der Waals surface area (Å²) >= 11 is 0. The van der Waals surface area contributed by atoms with E-state index in [0.717, 1.165) is 24.5 Å². The van der Waals surface area contributed by atoms with E-state index in [0.29, 0.717) is 12.3 Å². The van der Waals surface area contributed by atoms with Gasteiger partial charge < -0.3 is 16.0 Å². The Bertz CT molecular complexity index is 453. The number of hydrogen-bond acceptors (Lipinski definition) is 3. The quantitative estimate of drug-likeness (QED) is 0.868. The van der Waals surface area contributed by atoms with Gasteiger partial charge in [-0.2, -0.15) is 0 Å². The first-order valence-corrected chi connectivity index (χ1v) is 7.48. The molecule has 1 aliphatic rings. The van der Waals surface area contributed by atoms with Gasteiger partial charge in [0.15, 0.2) is 0 Å². The maximum atomic E-state index is 12.2. The topological polar surface area (TPSA) is 58.4 Å². The Morgan fingerprint density at radius 2 is 1.95 bits per heavy atom. The predicted octanol–water partition coefficient (Wildman–Crippen LogP) is 2.60. The Morgan fingerprint density at radius 3 is 2.60 bits per heavy atom. The van der Waals surface area contributed by atoms with E-state index in [9.17, 15) is 4.79 Å². The summed E-state index contributed by atoms with van der Waals surface area (Å²) in [4.78, 5) is 14.5. The third-order valence-corrected chi connectivity index (χ3v) is 3.67. The molecule has 1 aliphatic heterocycles. The zero-order valence-corrected chi connectivity index (χ0v) is 12.4. The van der Waals surface area contributed by atoms with E-state index in [1.54, 1.807) is 0 Å². The van der Waals surface area contributed by atoms with Crippen molar-refractivity contribution in [2.45, 2.75) is 39.2 Å². The minimum absolute atomic E-state index is 0.0923.